The van der Waals surface area contributed by atoms with Gasteiger partial charge in [0, 0.05) is 22.5 Å². The minimum atomic E-state index is -0.317. The summed E-state index contributed by atoms with van der Waals surface area (Å²) in [4.78, 5) is 16.4. The Morgan fingerprint density at radius 1 is 1.20 bits per heavy atom. The summed E-state index contributed by atoms with van der Waals surface area (Å²) in [5, 5.41) is 3.36. The molecule has 2 heterocycles. The van der Waals surface area contributed by atoms with Gasteiger partial charge in [-0.05, 0) is 43.3 Å². The van der Waals surface area contributed by atoms with Crippen molar-refractivity contribution in [2.24, 2.45) is 0 Å². The lowest BCUT2D eigenvalue weighted by Gasteiger charge is -2.02. The molecule has 0 atom stereocenters. The zero-order valence-corrected chi connectivity index (χ0v) is 11.4. The third kappa shape index (κ3) is 2.51. The van der Waals surface area contributed by atoms with Crippen LogP contribution in [0.2, 0.25) is 5.02 Å². The Labute approximate surface area is 120 Å². The van der Waals surface area contributed by atoms with Crippen molar-refractivity contribution in [2.75, 3.05) is 5.32 Å². The van der Waals surface area contributed by atoms with Crippen molar-refractivity contribution >= 4 is 34.3 Å². The fraction of sp³-hybridized carbons (Fsp3) is 0.0667. The molecule has 0 aliphatic carbocycles. The average Bonchev–Trinajstić information content (AvgIpc) is 2.84. The van der Waals surface area contributed by atoms with Crippen molar-refractivity contribution in [3.8, 4) is 0 Å². The summed E-state index contributed by atoms with van der Waals surface area (Å²) < 4.78 is 5.48. The summed E-state index contributed by atoms with van der Waals surface area (Å²) >= 11 is 5.79. The van der Waals surface area contributed by atoms with Gasteiger partial charge >= 0.3 is 0 Å². The fourth-order valence-electron chi connectivity index (χ4n) is 1.86. The Morgan fingerprint density at radius 2 is 1.95 bits per heavy atom. The number of pyridine rings is 1. The number of aryl methyl sites for hydroxylation is 1. The maximum atomic E-state index is 12.1. The Morgan fingerprint density at radius 3 is 2.70 bits per heavy atom. The van der Waals surface area contributed by atoms with Crippen LogP contribution in [0.1, 0.15) is 16.2 Å². The zero-order valence-electron chi connectivity index (χ0n) is 10.7. The van der Waals surface area contributed by atoms with Gasteiger partial charge in [-0.25, -0.2) is 4.98 Å². The number of carbonyl (C=O) groups is 1. The number of carbonyl (C=O) groups excluding carboxylic acids is 1. The number of amides is 1. The number of hydrogen-bond acceptors (Lipinski definition) is 3. The van der Waals surface area contributed by atoms with Crippen molar-refractivity contribution in [1.82, 2.24) is 4.98 Å². The number of furan rings is 1. The van der Waals surface area contributed by atoms with Crippen LogP contribution in [0.4, 0.5) is 5.69 Å². The first kappa shape index (κ1) is 12.7. The lowest BCUT2D eigenvalue weighted by atomic mass is 10.3. The van der Waals surface area contributed by atoms with Crippen LogP contribution >= 0.6 is 11.6 Å². The van der Waals surface area contributed by atoms with Gasteiger partial charge in [-0.15, -0.1) is 0 Å². The van der Waals surface area contributed by atoms with Crippen LogP contribution in [0.5, 0.6) is 0 Å². The minimum absolute atomic E-state index is 0.230. The smallest absolute Gasteiger partial charge is 0.291 e. The number of rotatable bonds is 2. The highest BCUT2D eigenvalue weighted by atomic mass is 35.5. The van der Waals surface area contributed by atoms with E-state index in [1.165, 1.54) is 0 Å². The van der Waals surface area contributed by atoms with Gasteiger partial charge in [0.15, 0.2) is 11.3 Å². The first-order chi connectivity index (χ1) is 9.61. The Bertz CT molecular complexity index is 778. The molecule has 0 bridgehead atoms. The van der Waals surface area contributed by atoms with Gasteiger partial charge in [-0.2, -0.15) is 0 Å². The summed E-state index contributed by atoms with van der Waals surface area (Å²) in [6.45, 7) is 1.89. The molecule has 0 saturated carbocycles. The van der Waals surface area contributed by atoms with Crippen LogP contribution in [0, 0.1) is 6.92 Å². The van der Waals surface area contributed by atoms with E-state index in [-0.39, 0.29) is 11.7 Å². The first-order valence-corrected chi connectivity index (χ1v) is 6.44. The van der Waals surface area contributed by atoms with Crippen LogP contribution in [-0.2, 0) is 0 Å². The molecule has 5 heteroatoms. The zero-order chi connectivity index (χ0) is 14.1. The van der Waals surface area contributed by atoms with Gasteiger partial charge < -0.3 is 9.73 Å². The SMILES string of the molecule is Cc1ccc2oc(C(=O)Nc3ccc(Cl)cc3)cc2n1. The number of benzene rings is 1. The Kier molecular flexibility index (Phi) is 3.16. The monoisotopic (exact) mass is 286 g/mol. The van der Waals surface area contributed by atoms with E-state index in [0.717, 1.165) is 5.69 Å². The quantitative estimate of drug-likeness (QED) is 0.773. The number of halogens is 1. The molecule has 100 valence electrons. The van der Waals surface area contributed by atoms with Crippen LogP contribution in [0.25, 0.3) is 11.1 Å². The third-order valence-electron chi connectivity index (χ3n) is 2.84. The second-order valence-corrected chi connectivity index (χ2v) is 4.84. The highest BCUT2D eigenvalue weighted by Gasteiger charge is 2.13. The predicted molar refractivity (Wildman–Crippen MR) is 78.2 cm³/mol. The van der Waals surface area contributed by atoms with Gasteiger partial charge in [0.1, 0.15) is 5.52 Å². The van der Waals surface area contributed by atoms with Crippen molar-refractivity contribution in [2.45, 2.75) is 6.92 Å². The number of fused-ring (bicyclic) bond motifs is 1. The number of aromatic nitrogens is 1. The van der Waals surface area contributed by atoms with Gasteiger partial charge in [0.25, 0.3) is 5.91 Å². The van der Waals surface area contributed by atoms with E-state index in [0.29, 0.717) is 21.8 Å². The number of anilines is 1. The van der Waals surface area contributed by atoms with Gasteiger partial charge in [-0.3, -0.25) is 4.79 Å². The average molecular weight is 287 g/mol. The van der Waals surface area contributed by atoms with Crippen molar-refractivity contribution in [3.63, 3.8) is 0 Å². The molecule has 4 nitrogen and oxygen atoms in total. The van der Waals surface area contributed by atoms with E-state index in [9.17, 15) is 4.79 Å². The molecule has 1 amide bonds. The van der Waals surface area contributed by atoms with E-state index in [4.69, 9.17) is 16.0 Å². The summed E-state index contributed by atoms with van der Waals surface area (Å²) in [5.74, 6) is -0.0870. The van der Waals surface area contributed by atoms with Crippen molar-refractivity contribution in [1.29, 1.82) is 0 Å². The molecule has 0 spiro atoms. The molecule has 2 aromatic heterocycles. The molecule has 20 heavy (non-hydrogen) atoms. The van der Waals surface area contributed by atoms with Crippen LogP contribution < -0.4 is 5.32 Å². The minimum Gasteiger partial charge on any atom is -0.449 e. The number of nitrogens with zero attached hydrogens (tertiary/aromatic N) is 1. The van der Waals surface area contributed by atoms with Crippen molar-refractivity contribution in [3.05, 3.63) is 58.9 Å². The molecule has 0 aliphatic rings. The normalized spacial score (nSPS) is 10.7. The van der Waals surface area contributed by atoms with Crippen LogP contribution in [0.15, 0.2) is 46.9 Å². The highest BCUT2D eigenvalue weighted by molar-refractivity contribution is 6.30. The summed E-state index contributed by atoms with van der Waals surface area (Å²) in [7, 11) is 0. The predicted octanol–water partition coefficient (Wildman–Crippen LogP) is 4.04. The molecular weight excluding hydrogens is 276 g/mol. The lowest BCUT2D eigenvalue weighted by molar-refractivity contribution is 0.0998. The fourth-order valence-corrected chi connectivity index (χ4v) is 1.99. The summed E-state index contributed by atoms with van der Waals surface area (Å²) in [6, 6.07) is 12.1. The van der Waals surface area contributed by atoms with Gasteiger partial charge in [0.05, 0.1) is 0 Å². The highest BCUT2D eigenvalue weighted by Crippen LogP contribution is 2.19. The van der Waals surface area contributed by atoms with Crippen LogP contribution in [0.3, 0.4) is 0 Å². The largest absolute Gasteiger partial charge is 0.449 e. The summed E-state index contributed by atoms with van der Waals surface area (Å²) in [6.07, 6.45) is 0. The van der Waals surface area contributed by atoms with E-state index < -0.39 is 0 Å². The molecule has 0 unspecified atom stereocenters. The topological polar surface area (TPSA) is 55.1 Å². The molecule has 1 aromatic carbocycles. The Balaban J connectivity index is 1.86. The summed E-state index contributed by atoms with van der Waals surface area (Å²) in [5.41, 5.74) is 2.80. The molecule has 0 saturated heterocycles. The number of hydrogen-bond donors (Lipinski definition) is 1. The van der Waals surface area contributed by atoms with Crippen molar-refractivity contribution < 1.29 is 9.21 Å². The third-order valence-corrected chi connectivity index (χ3v) is 3.09. The number of nitrogens with one attached hydrogen (secondary N) is 1. The molecule has 1 N–H and O–H groups in total. The van der Waals surface area contributed by atoms with Gasteiger partial charge in [0.2, 0.25) is 0 Å². The van der Waals surface area contributed by atoms with E-state index >= 15 is 0 Å². The molecule has 0 aliphatic heterocycles. The van der Waals surface area contributed by atoms with E-state index in [1.54, 1.807) is 36.4 Å². The molecular formula is C15H11ClN2O2. The van der Waals surface area contributed by atoms with Gasteiger partial charge in [-0.1, -0.05) is 11.6 Å². The lowest BCUT2D eigenvalue weighted by Crippen LogP contribution is -2.10. The van der Waals surface area contributed by atoms with Crippen LogP contribution in [-0.4, -0.2) is 10.9 Å². The Hall–Kier alpha value is -2.33. The maximum Gasteiger partial charge on any atom is 0.291 e. The second-order valence-electron chi connectivity index (χ2n) is 4.41. The first-order valence-electron chi connectivity index (χ1n) is 6.06. The molecule has 3 rings (SSSR count). The maximum absolute atomic E-state index is 12.1. The molecule has 0 radical (unpaired) electrons. The second kappa shape index (κ2) is 4.98. The standard InChI is InChI=1S/C15H11ClN2O2/c1-9-2-7-13-12(17-9)8-14(20-13)15(19)18-11-5-3-10(16)4-6-11/h2-8H,1H3,(H,18,19). The van der Waals surface area contributed by atoms with E-state index in [2.05, 4.69) is 10.3 Å². The van der Waals surface area contributed by atoms with E-state index in [1.807, 2.05) is 13.0 Å². The molecule has 0 fully saturated rings. The molecule has 3 aromatic rings.